The lowest BCUT2D eigenvalue weighted by molar-refractivity contribution is -0.123. The third-order valence-electron chi connectivity index (χ3n) is 6.37. The van der Waals surface area contributed by atoms with Crippen LogP contribution in [0.2, 0.25) is 10.0 Å². The first kappa shape index (κ1) is 21.7. The molecule has 3 amide bonds. The zero-order valence-electron chi connectivity index (χ0n) is 17.2. The predicted molar refractivity (Wildman–Crippen MR) is 122 cm³/mol. The number of amides is 3. The highest BCUT2D eigenvalue weighted by Crippen LogP contribution is 2.53. The van der Waals surface area contributed by atoms with Crippen molar-refractivity contribution in [3.8, 4) is 0 Å². The first-order valence-electron chi connectivity index (χ1n) is 10.4. The highest BCUT2D eigenvalue weighted by atomic mass is 35.5. The van der Waals surface area contributed by atoms with Gasteiger partial charge < -0.3 is 10.1 Å². The van der Waals surface area contributed by atoms with E-state index >= 15 is 0 Å². The van der Waals surface area contributed by atoms with Gasteiger partial charge in [0.15, 0.2) is 6.61 Å². The van der Waals surface area contributed by atoms with Gasteiger partial charge in [-0.3, -0.25) is 19.3 Å². The molecule has 2 aromatic rings. The second-order valence-electron chi connectivity index (χ2n) is 8.31. The fourth-order valence-electron chi connectivity index (χ4n) is 4.90. The molecule has 0 aromatic heterocycles. The maximum atomic E-state index is 12.9. The van der Waals surface area contributed by atoms with E-state index in [4.69, 9.17) is 27.9 Å². The van der Waals surface area contributed by atoms with Gasteiger partial charge in [0.25, 0.3) is 5.91 Å². The van der Waals surface area contributed by atoms with Gasteiger partial charge in [0.05, 0.1) is 33.8 Å². The summed E-state index contributed by atoms with van der Waals surface area (Å²) in [5.41, 5.74) is 0.917. The smallest absolute Gasteiger partial charge is 0.338 e. The largest absolute Gasteiger partial charge is 0.452 e. The molecule has 0 unspecified atom stereocenters. The molecular formula is C24H18Cl2N2O5. The van der Waals surface area contributed by atoms with Crippen molar-refractivity contribution in [2.75, 3.05) is 16.8 Å². The summed E-state index contributed by atoms with van der Waals surface area (Å²) in [6.45, 7) is -0.522. The van der Waals surface area contributed by atoms with Crippen LogP contribution >= 0.6 is 23.2 Å². The number of nitrogens with one attached hydrogen (secondary N) is 1. The molecule has 7 nitrogen and oxygen atoms in total. The van der Waals surface area contributed by atoms with Crippen LogP contribution in [-0.2, 0) is 19.1 Å². The number of fused-ring (bicyclic) bond motifs is 5. The summed E-state index contributed by atoms with van der Waals surface area (Å²) >= 11 is 11.9. The number of halogens is 2. The molecule has 33 heavy (non-hydrogen) atoms. The number of hydrogen-bond donors (Lipinski definition) is 1. The lowest BCUT2D eigenvalue weighted by atomic mass is 9.85. The molecule has 1 saturated carbocycles. The fraction of sp³-hybridized carbons (Fsp3) is 0.250. The maximum Gasteiger partial charge on any atom is 0.338 e. The van der Waals surface area contributed by atoms with E-state index in [2.05, 4.69) is 5.32 Å². The van der Waals surface area contributed by atoms with Crippen LogP contribution in [0.15, 0.2) is 54.6 Å². The van der Waals surface area contributed by atoms with Crippen LogP contribution in [0, 0.1) is 23.7 Å². The van der Waals surface area contributed by atoms with Gasteiger partial charge >= 0.3 is 5.97 Å². The van der Waals surface area contributed by atoms with Crippen LogP contribution in [0.1, 0.15) is 16.8 Å². The summed E-state index contributed by atoms with van der Waals surface area (Å²) in [6.07, 6.45) is 4.94. The maximum absolute atomic E-state index is 12.9. The average Bonchev–Trinajstić information content (AvgIpc) is 3.48. The molecule has 2 fully saturated rings. The van der Waals surface area contributed by atoms with Crippen molar-refractivity contribution in [2.24, 2.45) is 23.7 Å². The quantitative estimate of drug-likeness (QED) is 0.391. The van der Waals surface area contributed by atoms with E-state index < -0.39 is 18.5 Å². The molecular weight excluding hydrogens is 467 g/mol. The monoisotopic (exact) mass is 484 g/mol. The van der Waals surface area contributed by atoms with Crippen molar-refractivity contribution in [2.45, 2.75) is 6.42 Å². The number of ether oxygens (including phenoxy) is 1. The Balaban J connectivity index is 1.21. The van der Waals surface area contributed by atoms with Gasteiger partial charge in [-0.05, 0) is 60.7 Å². The molecule has 0 radical (unpaired) electrons. The average molecular weight is 485 g/mol. The zero-order chi connectivity index (χ0) is 23.3. The number of benzene rings is 2. The lowest BCUT2D eigenvalue weighted by Crippen LogP contribution is -2.32. The minimum absolute atomic E-state index is 0.128. The number of carbonyl (C=O) groups is 4. The van der Waals surface area contributed by atoms with Gasteiger partial charge in [-0.2, -0.15) is 0 Å². The number of nitrogens with zero attached hydrogens (tertiary/aromatic N) is 1. The summed E-state index contributed by atoms with van der Waals surface area (Å²) < 4.78 is 5.05. The second kappa shape index (κ2) is 8.32. The molecule has 1 aliphatic heterocycles. The molecule has 1 N–H and O–H groups in total. The van der Waals surface area contributed by atoms with Crippen LogP contribution in [0.25, 0.3) is 0 Å². The van der Waals surface area contributed by atoms with E-state index in [-0.39, 0.29) is 41.0 Å². The van der Waals surface area contributed by atoms with Gasteiger partial charge in [0.2, 0.25) is 11.8 Å². The topological polar surface area (TPSA) is 92.8 Å². The fourth-order valence-corrected chi connectivity index (χ4v) is 5.23. The van der Waals surface area contributed by atoms with Gasteiger partial charge in [0, 0.05) is 5.02 Å². The molecule has 168 valence electrons. The van der Waals surface area contributed by atoms with E-state index in [0.29, 0.717) is 21.4 Å². The molecule has 3 aliphatic rings. The Morgan fingerprint density at radius 3 is 2.24 bits per heavy atom. The van der Waals surface area contributed by atoms with Crippen LogP contribution < -0.4 is 10.2 Å². The number of allylic oxidation sites excluding steroid dienone is 2. The summed E-state index contributed by atoms with van der Waals surface area (Å²) in [7, 11) is 0. The van der Waals surface area contributed by atoms with Crippen LogP contribution in [0.5, 0.6) is 0 Å². The Bertz CT molecular complexity index is 1180. The highest BCUT2D eigenvalue weighted by molar-refractivity contribution is 6.35. The van der Waals surface area contributed by atoms with Crippen molar-refractivity contribution in [1.29, 1.82) is 0 Å². The predicted octanol–water partition coefficient (Wildman–Crippen LogP) is 4.10. The molecule has 1 saturated heterocycles. The molecule has 1 heterocycles. The summed E-state index contributed by atoms with van der Waals surface area (Å²) in [6, 6.07) is 10.6. The number of esters is 1. The Morgan fingerprint density at radius 2 is 1.61 bits per heavy atom. The van der Waals surface area contributed by atoms with Crippen molar-refractivity contribution in [1.82, 2.24) is 0 Å². The number of anilines is 2. The van der Waals surface area contributed by atoms with Gasteiger partial charge in [-0.25, -0.2) is 4.79 Å². The first-order chi connectivity index (χ1) is 15.8. The lowest BCUT2D eigenvalue weighted by Gasteiger charge is -2.17. The van der Waals surface area contributed by atoms with E-state index in [1.807, 2.05) is 12.2 Å². The minimum atomic E-state index is -0.716. The molecule has 5 rings (SSSR count). The number of rotatable bonds is 5. The third kappa shape index (κ3) is 3.81. The Kier molecular flexibility index (Phi) is 5.46. The van der Waals surface area contributed by atoms with E-state index in [1.54, 1.807) is 6.07 Å². The third-order valence-corrected chi connectivity index (χ3v) is 6.93. The SMILES string of the molecule is O=C(COC(=O)c1ccc(N2C(=O)[C@@H]3[C@@H](C2=O)[C@H]2C=C[C@H]3C2)cc1)Nc1cc(Cl)ccc1Cl. The van der Waals surface area contributed by atoms with Crippen molar-refractivity contribution < 1.29 is 23.9 Å². The zero-order valence-corrected chi connectivity index (χ0v) is 18.7. The van der Waals surface area contributed by atoms with Gasteiger partial charge in [-0.1, -0.05) is 35.4 Å². The normalized spacial score (nSPS) is 24.8. The van der Waals surface area contributed by atoms with Crippen LogP contribution in [0.4, 0.5) is 11.4 Å². The van der Waals surface area contributed by atoms with Crippen molar-refractivity contribution in [3.63, 3.8) is 0 Å². The van der Waals surface area contributed by atoms with Crippen LogP contribution in [-0.4, -0.2) is 30.3 Å². The standard InChI is InChI=1S/C24H18Cl2N2O5/c25-15-5-8-17(26)18(10-15)27-19(29)11-33-24(32)12-3-6-16(7-4-12)28-22(30)20-13-1-2-14(9-13)21(20)23(28)31/h1-8,10,13-14,20-21H,9,11H2,(H,27,29)/t13-,14-,20-,21-/m0/s1. The number of carbonyl (C=O) groups excluding carboxylic acids is 4. The van der Waals surface area contributed by atoms with Crippen LogP contribution in [0.3, 0.4) is 0 Å². The van der Waals surface area contributed by atoms with Crippen molar-refractivity contribution >= 4 is 58.3 Å². The van der Waals surface area contributed by atoms with E-state index in [1.165, 1.54) is 41.3 Å². The molecule has 0 spiro atoms. The molecule has 2 aromatic carbocycles. The molecule has 9 heteroatoms. The number of imide groups is 1. The molecule has 4 atom stereocenters. The summed E-state index contributed by atoms with van der Waals surface area (Å²) in [5.74, 6) is -1.99. The highest BCUT2D eigenvalue weighted by Gasteiger charge is 2.59. The Labute approximate surface area is 199 Å². The summed E-state index contributed by atoms with van der Waals surface area (Å²) in [4.78, 5) is 51.4. The Morgan fingerprint density at radius 1 is 0.970 bits per heavy atom. The molecule has 2 bridgehead atoms. The molecule has 2 aliphatic carbocycles. The number of hydrogen-bond acceptors (Lipinski definition) is 5. The van der Waals surface area contributed by atoms with E-state index in [0.717, 1.165) is 6.42 Å². The minimum Gasteiger partial charge on any atom is -0.452 e. The summed E-state index contributed by atoms with van der Waals surface area (Å²) in [5, 5.41) is 3.22. The van der Waals surface area contributed by atoms with Gasteiger partial charge in [0.1, 0.15) is 0 Å². The van der Waals surface area contributed by atoms with Gasteiger partial charge in [-0.15, -0.1) is 0 Å². The van der Waals surface area contributed by atoms with Crippen molar-refractivity contribution in [3.05, 3.63) is 70.2 Å². The first-order valence-corrected chi connectivity index (χ1v) is 11.2. The second-order valence-corrected chi connectivity index (χ2v) is 9.15. The van der Waals surface area contributed by atoms with E-state index in [9.17, 15) is 19.2 Å². The Hall–Kier alpha value is -3.16.